The Kier molecular flexibility index (Phi) is 5.88. The zero-order chi connectivity index (χ0) is 18.6. The molecule has 0 aliphatic heterocycles. The lowest BCUT2D eigenvalue weighted by Gasteiger charge is -2.24. The van der Waals surface area contributed by atoms with Crippen LogP contribution in [0.5, 0.6) is 0 Å². The van der Waals surface area contributed by atoms with Crippen LogP contribution in [-0.2, 0) is 10.0 Å². The van der Waals surface area contributed by atoms with Crippen LogP contribution in [0.2, 0.25) is 0 Å². The van der Waals surface area contributed by atoms with Crippen molar-refractivity contribution in [3.8, 4) is 0 Å². The molecule has 0 amide bonds. The van der Waals surface area contributed by atoms with Crippen molar-refractivity contribution < 1.29 is 8.42 Å². The summed E-state index contributed by atoms with van der Waals surface area (Å²) in [5.41, 5.74) is 2.00. The third-order valence-electron chi connectivity index (χ3n) is 4.21. The minimum Gasteiger partial charge on any atom is -0.301 e. The maximum atomic E-state index is 12.4. The van der Waals surface area contributed by atoms with Gasteiger partial charge in [-0.3, -0.25) is 0 Å². The highest BCUT2D eigenvalue weighted by molar-refractivity contribution is 7.92. The van der Waals surface area contributed by atoms with Crippen molar-refractivity contribution >= 4 is 37.5 Å². The molecule has 0 spiro atoms. The summed E-state index contributed by atoms with van der Waals surface area (Å²) in [7, 11) is 0.420. The highest BCUT2D eigenvalue weighted by Crippen LogP contribution is 2.32. The number of hydrogen-bond acceptors (Lipinski definition) is 4. The molecule has 1 atom stereocenters. The lowest BCUT2D eigenvalue weighted by atomic mass is 10.1. The zero-order valence-electron chi connectivity index (χ0n) is 14.8. The van der Waals surface area contributed by atoms with Gasteiger partial charge in [-0.25, -0.2) is 13.1 Å². The molecule has 1 N–H and O–H groups in total. The summed E-state index contributed by atoms with van der Waals surface area (Å²) in [5, 5.41) is 4.51. The zero-order valence-corrected chi connectivity index (χ0v) is 16.4. The van der Waals surface area contributed by atoms with Gasteiger partial charge in [0.25, 0.3) is 0 Å². The second-order valence-electron chi connectivity index (χ2n) is 6.27. The molecule has 3 aromatic rings. The quantitative estimate of drug-likeness (QED) is 0.665. The van der Waals surface area contributed by atoms with E-state index in [2.05, 4.69) is 22.2 Å². The van der Waals surface area contributed by atoms with E-state index in [9.17, 15) is 8.42 Å². The van der Waals surface area contributed by atoms with Crippen LogP contribution in [0.25, 0.3) is 16.2 Å². The summed E-state index contributed by atoms with van der Waals surface area (Å²) in [5.74, 6) is 0. The van der Waals surface area contributed by atoms with Crippen molar-refractivity contribution in [3.05, 3.63) is 76.5 Å². The standard InChI is InChI=1S/C20H22N2O2S2/c1-22(2)19(18-15-25-20-11-7-6-10-17(18)20)14-21-26(23,24)13-12-16-8-4-3-5-9-16/h3-13,15,19,21H,14H2,1-2H3/b13-12+/t19-/m0/s1. The molecule has 26 heavy (non-hydrogen) atoms. The Morgan fingerprint density at radius 1 is 1.08 bits per heavy atom. The van der Waals surface area contributed by atoms with Crippen molar-refractivity contribution in [2.45, 2.75) is 6.04 Å². The Labute approximate surface area is 158 Å². The first kappa shape index (κ1) is 18.8. The molecule has 136 valence electrons. The van der Waals surface area contributed by atoms with E-state index in [-0.39, 0.29) is 6.04 Å². The van der Waals surface area contributed by atoms with Crippen LogP contribution in [0.3, 0.4) is 0 Å². The maximum Gasteiger partial charge on any atom is 0.233 e. The molecule has 0 fully saturated rings. The fraction of sp³-hybridized carbons (Fsp3) is 0.200. The lowest BCUT2D eigenvalue weighted by molar-refractivity contribution is 0.302. The normalized spacial score (nSPS) is 13.7. The SMILES string of the molecule is CN(C)[C@@H](CNS(=O)(=O)/C=C/c1ccccc1)c1csc2ccccc12. The van der Waals surface area contributed by atoms with Crippen LogP contribution < -0.4 is 4.72 Å². The van der Waals surface area contributed by atoms with Crippen LogP contribution >= 0.6 is 11.3 Å². The summed E-state index contributed by atoms with van der Waals surface area (Å²) >= 11 is 1.68. The van der Waals surface area contributed by atoms with Gasteiger partial charge in [-0.05, 0) is 48.1 Å². The lowest BCUT2D eigenvalue weighted by Crippen LogP contribution is -2.33. The summed E-state index contributed by atoms with van der Waals surface area (Å²) in [6.45, 7) is 0.315. The largest absolute Gasteiger partial charge is 0.301 e. The number of nitrogens with one attached hydrogen (secondary N) is 1. The molecule has 0 aliphatic carbocycles. The monoisotopic (exact) mass is 386 g/mol. The van der Waals surface area contributed by atoms with Gasteiger partial charge in [0.2, 0.25) is 10.0 Å². The van der Waals surface area contributed by atoms with E-state index in [1.54, 1.807) is 17.4 Å². The van der Waals surface area contributed by atoms with Gasteiger partial charge in [-0.2, -0.15) is 0 Å². The first-order valence-corrected chi connectivity index (χ1v) is 10.7. The van der Waals surface area contributed by atoms with Crippen molar-refractivity contribution in [3.63, 3.8) is 0 Å². The number of nitrogens with zero attached hydrogens (tertiary/aromatic N) is 1. The number of sulfonamides is 1. The van der Waals surface area contributed by atoms with E-state index in [0.29, 0.717) is 6.54 Å². The van der Waals surface area contributed by atoms with E-state index in [1.807, 2.05) is 61.5 Å². The third kappa shape index (κ3) is 4.59. The predicted octanol–water partition coefficient (Wildman–Crippen LogP) is 4.09. The molecule has 3 rings (SSSR count). The Bertz CT molecular complexity index is 993. The van der Waals surface area contributed by atoms with E-state index in [0.717, 1.165) is 11.1 Å². The summed E-state index contributed by atoms with van der Waals surface area (Å²) < 4.78 is 28.6. The molecule has 0 aliphatic rings. The number of fused-ring (bicyclic) bond motifs is 1. The van der Waals surface area contributed by atoms with Crippen molar-refractivity contribution in [1.29, 1.82) is 0 Å². The van der Waals surface area contributed by atoms with Crippen LogP contribution in [0.1, 0.15) is 17.2 Å². The molecule has 0 bridgehead atoms. The average molecular weight is 387 g/mol. The maximum absolute atomic E-state index is 12.4. The first-order valence-electron chi connectivity index (χ1n) is 8.31. The minimum atomic E-state index is -3.51. The predicted molar refractivity (Wildman–Crippen MR) is 111 cm³/mol. The molecule has 0 unspecified atom stereocenters. The number of likely N-dealkylation sites (N-methyl/N-ethyl adjacent to an activating group) is 1. The number of rotatable bonds is 7. The molecular weight excluding hydrogens is 364 g/mol. The van der Waals surface area contributed by atoms with Crippen LogP contribution in [0.15, 0.2) is 65.4 Å². The molecular formula is C20H22N2O2S2. The number of benzene rings is 2. The number of hydrogen-bond donors (Lipinski definition) is 1. The van der Waals surface area contributed by atoms with E-state index >= 15 is 0 Å². The van der Waals surface area contributed by atoms with Gasteiger partial charge in [0.1, 0.15) is 0 Å². The summed E-state index contributed by atoms with van der Waals surface area (Å²) in [6, 6.07) is 17.6. The van der Waals surface area contributed by atoms with Gasteiger partial charge in [0, 0.05) is 22.7 Å². The molecule has 1 aromatic heterocycles. The fourth-order valence-electron chi connectivity index (χ4n) is 2.80. The Balaban J connectivity index is 1.76. The first-order chi connectivity index (χ1) is 12.5. The second-order valence-corrected chi connectivity index (χ2v) is 8.84. The Hall–Kier alpha value is -1.99. The van der Waals surface area contributed by atoms with E-state index in [1.165, 1.54) is 15.5 Å². The minimum absolute atomic E-state index is 0.0361. The third-order valence-corrected chi connectivity index (χ3v) is 6.26. The molecule has 6 heteroatoms. The van der Waals surface area contributed by atoms with Crippen LogP contribution in [-0.4, -0.2) is 34.0 Å². The van der Waals surface area contributed by atoms with Gasteiger partial charge in [-0.15, -0.1) is 11.3 Å². The molecule has 0 saturated carbocycles. The van der Waals surface area contributed by atoms with Crippen molar-refractivity contribution in [1.82, 2.24) is 9.62 Å². The molecule has 4 nitrogen and oxygen atoms in total. The molecule has 2 aromatic carbocycles. The van der Waals surface area contributed by atoms with Crippen LogP contribution in [0.4, 0.5) is 0 Å². The van der Waals surface area contributed by atoms with Crippen molar-refractivity contribution in [2.24, 2.45) is 0 Å². The van der Waals surface area contributed by atoms with E-state index in [4.69, 9.17) is 0 Å². The van der Waals surface area contributed by atoms with E-state index < -0.39 is 10.0 Å². The van der Waals surface area contributed by atoms with Crippen molar-refractivity contribution in [2.75, 3.05) is 20.6 Å². The fourth-order valence-corrected chi connectivity index (χ4v) is 4.63. The summed E-state index contributed by atoms with van der Waals surface area (Å²) in [6.07, 6.45) is 1.60. The molecule has 0 saturated heterocycles. The van der Waals surface area contributed by atoms with Crippen LogP contribution in [0, 0.1) is 0 Å². The molecule has 1 heterocycles. The Morgan fingerprint density at radius 2 is 1.77 bits per heavy atom. The second kappa shape index (κ2) is 8.14. The summed E-state index contributed by atoms with van der Waals surface area (Å²) in [4.78, 5) is 2.04. The smallest absolute Gasteiger partial charge is 0.233 e. The van der Waals surface area contributed by atoms with Gasteiger partial charge in [0.05, 0.1) is 0 Å². The average Bonchev–Trinajstić information content (AvgIpc) is 3.05. The van der Waals surface area contributed by atoms with Gasteiger partial charge in [-0.1, -0.05) is 48.5 Å². The number of thiophene rings is 1. The van der Waals surface area contributed by atoms with Gasteiger partial charge in [0.15, 0.2) is 0 Å². The highest BCUT2D eigenvalue weighted by Gasteiger charge is 2.20. The molecule has 0 radical (unpaired) electrons. The Morgan fingerprint density at radius 3 is 2.50 bits per heavy atom. The highest BCUT2D eigenvalue weighted by atomic mass is 32.2. The van der Waals surface area contributed by atoms with Gasteiger partial charge >= 0.3 is 0 Å². The topological polar surface area (TPSA) is 49.4 Å². The van der Waals surface area contributed by atoms with Gasteiger partial charge < -0.3 is 4.90 Å².